The summed E-state index contributed by atoms with van der Waals surface area (Å²) in [7, 11) is 0. The molecule has 34 heavy (non-hydrogen) atoms. The Balaban J connectivity index is 1.45. The number of thioether (sulfide) groups is 1. The zero-order valence-electron chi connectivity index (χ0n) is 18.2. The fourth-order valence-electron chi connectivity index (χ4n) is 3.65. The lowest BCUT2D eigenvalue weighted by Gasteiger charge is -2.12. The van der Waals surface area contributed by atoms with Crippen molar-refractivity contribution in [3.8, 4) is 11.3 Å². The van der Waals surface area contributed by atoms with E-state index < -0.39 is 0 Å². The van der Waals surface area contributed by atoms with Crippen LogP contribution in [0.3, 0.4) is 0 Å². The first kappa shape index (κ1) is 21.8. The molecule has 0 aliphatic heterocycles. The van der Waals surface area contributed by atoms with E-state index in [1.165, 1.54) is 11.8 Å². The minimum atomic E-state index is -0.172. The van der Waals surface area contributed by atoms with Crippen LogP contribution in [0.15, 0.2) is 99.5 Å². The van der Waals surface area contributed by atoms with Crippen LogP contribution in [-0.4, -0.2) is 26.2 Å². The fraction of sp³-hybridized carbons (Fsp3) is 0.115. The van der Waals surface area contributed by atoms with Gasteiger partial charge in [0.05, 0.1) is 30.6 Å². The summed E-state index contributed by atoms with van der Waals surface area (Å²) in [6.45, 7) is 0.673. The maximum atomic E-state index is 13.5. The molecule has 1 amide bonds. The molecule has 0 fully saturated rings. The molecule has 0 saturated carbocycles. The number of aromatic amines is 1. The third-order valence-corrected chi connectivity index (χ3v) is 6.32. The number of benzene rings is 2. The standard InChI is InChI=1S/C26H22N4O3S/c31-23(27-15-20-12-7-13-33-20)17-34-26-29-22-14-21(19-10-5-2-6-11-19)28-24(22)25(32)30(26)16-18-8-3-1-4-9-18/h1-14,28H,15-17H2,(H,27,31). The van der Waals surface area contributed by atoms with Crippen molar-refractivity contribution in [1.29, 1.82) is 0 Å². The highest BCUT2D eigenvalue weighted by Gasteiger charge is 2.16. The van der Waals surface area contributed by atoms with Crippen LogP contribution in [0.25, 0.3) is 22.3 Å². The molecule has 7 nitrogen and oxygen atoms in total. The minimum absolute atomic E-state index is 0.128. The van der Waals surface area contributed by atoms with Gasteiger partial charge in [-0.15, -0.1) is 0 Å². The summed E-state index contributed by atoms with van der Waals surface area (Å²) in [5.41, 5.74) is 3.62. The largest absolute Gasteiger partial charge is 0.467 e. The molecule has 170 valence electrons. The number of H-pyrrole nitrogens is 1. The summed E-state index contributed by atoms with van der Waals surface area (Å²) in [5.74, 6) is 0.643. The number of hydrogen-bond acceptors (Lipinski definition) is 5. The van der Waals surface area contributed by atoms with Crippen LogP contribution >= 0.6 is 11.8 Å². The van der Waals surface area contributed by atoms with E-state index in [2.05, 4.69) is 10.3 Å². The molecule has 0 saturated heterocycles. The van der Waals surface area contributed by atoms with Gasteiger partial charge in [0.15, 0.2) is 5.16 Å². The fourth-order valence-corrected chi connectivity index (χ4v) is 4.48. The van der Waals surface area contributed by atoms with Crippen LogP contribution in [0, 0.1) is 0 Å². The highest BCUT2D eigenvalue weighted by atomic mass is 32.2. The van der Waals surface area contributed by atoms with Gasteiger partial charge in [0, 0.05) is 5.69 Å². The topological polar surface area (TPSA) is 92.9 Å². The van der Waals surface area contributed by atoms with Gasteiger partial charge < -0.3 is 14.7 Å². The Labute approximate surface area is 199 Å². The van der Waals surface area contributed by atoms with Crippen molar-refractivity contribution in [2.75, 3.05) is 5.75 Å². The highest BCUT2D eigenvalue weighted by Crippen LogP contribution is 2.24. The number of amides is 1. The predicted octanol–water partition coefficient (Wildman–Crippen LogP) is 4.44. The SMILES string of the molecule is O=C(CSc1nc2cc(-c3ccccc3)[nH]c2c(=O)n1Cc1ccccc1)NCc1ccco1. The van der Waals surface area contributed by atoms with Crippen LogP contribution in [0.2, 0.25) is 0 Å². The second-order valence-corrected chi connectivity index (χ2v) is 8.67. The molecular weight excluding hydrogens is 448 g/mol. The normalized spacial score (nSPS) is 11.1. The third-order valence-electron chi connectivity index (χ3n) is 5.34. The van der Waals surface area contributed by atoms with Crippen molar-refractivity contribution in [3.05, 3.63) is 107 Å². The molecule has 0 aliphatic carbocycles. The number of nitrogens with zero attached hydrogens (tertiary/aromatic N) is 2. The van der Waals surface area contributed by atoms with E-state index in [-0.39, 0.29) is 17.2 Å². The lowest BCUT2D eigenvalue weighted by Crippen LogP contribution is -2.27. The summed E-state index contributed by atoms with van der Waals surface area (Å²) in [6.07, 6.45) is 1.57. The molecule has 0 aliphatic rings. The molecular formula is C26H22N4O3S. The smallest absolute Gasteiger partial charge is 0.278 e. The number of rotatable bonds is 8. The van der Waals surface area contributed by atoms with Gasteiger partial charge in [-0.2, -0.15) is 0 Å². The number of nitrogens with one attached hydrogen (secondary N) is 2. The first-order valence-corrected chi connectivity index (χ1v) is 11.8. The monoisotopic (exact) mass is 470 g/mol. The van der Waals surface area contributed by atoms with E-state index in [0.29, 0.717) is 35.0 Å². The van der Waals surface area contributed by atoms with Crippen molar-refractivity contribution in [3.63, 3.8) is 0 Å². The molecule has 5 rings (SSSR count). The Kier molecular flexibility index (Phi) is 6.31. The molecule has 3 heterocycles. The minimum Gasteiger partial charge on any atom is -0.467 e. The van der Waals surface area contributed by atoms with Crippen LogP contribution < -0.4 is 10.9 Å². The predicted molar refractivity (Wildman–Crippen MR) is 133 cm³/mol. The number of aromatic nitrogens is 3. The first-order chi connectivity index (χ1) is 16.7. The van der Waals surface area contributed by atoms with Crippen molar-refractivity contribution < 1.29 is 9.21 Å². The van der Waals surface area contributed by atoms with Gasteiger partial charge in [0.1, 0.15) is 11.3 Å². The number of carbonyl (C=O) groups excluding carboxylic acids is 1. The van der Waals surface area contributed by atoms with Crippen molar-refractivity contribution >= 4 is 28.7 Å². The summed E-state index contributed by atoms with van der Waals surface area (Å²) in [5, 5.41) is 3.32. The van der Waals surface area contributed by atoms with Crippen LogP contribution in [-0.2, 0) is 17.9 Å². The Morgan fingerprint density at radius 3 is 2.53 bits per heavy atom. The Bertz CT molecular complexity index is 1460. The molecule has 5 aromatic rings. The zero-order chi connectivity index (χ0) is 23.3. The molecule has 8 heteroatoms. The molecule has 2 aromatic carbocycles. The van der Waals surface area contributed by atoms with Crippen LogP contribution in [0.5, 0.6) is 0 Å². The molecule has 0 atom stereocenters. The lowest BCUT2D eigenvalue weighted by molar-refractivity contribution is -0.118. The number of fused-ring (bicyclic) bond motifs is 1. The number of carbonyl (C=O) groups is 1. The van der Waals surface area contributed by atoms with E-state index in [1.54, 1.807) is 23.0 Å². The van der Waals surface area contributed by atoms with E-state index in [1.807, 2.05) is 66.7 Å². The van der Waals surface area contributed by atoms with Crippen molar-refractivity contribution in [1.82, 2.24) is 19.9 Å². The number of furan rings is 1. The van der Waals surface area contributed by atoms with Crippen LogP contribution in [0.4, 0.5) is 0 Å². The van der Waals surface area contributed by atoms with Gasteiger partial charge >= 0.3 is 0 Å². The van der Waals surface area contributed by atoms with Gasteiger partial charge in [0.2, 0.25) is 5.91 Å². The second-order valence-electron chi connectivity index (χ2n) is 7.73. The molecule has 0 unspecified atom stereocenters. The lowest BCUT2D eigenvalue weighted by atomic mass is 10.2. The number of hydrogen-bond donors (Lipinski definition) is 2. The molecule has 0 radical (unpaired) electrons. The molecule has 2 N–H and O–H groups in total. The second kappa shape index (κ2) is 9.84. The average Bonchev–Trinajstić information content (AvgIpc) is 3.55. The maximum absolute atomic E-state index is 13.5. The Hall–Kier alpha value is -4.04. The van der Waals surface area contributed by atoms with Gasteiger partial charge in [-0.25, -0.2) is 4.98 Å². The quantitative estimate of drug-likeness (QED) is 0.258. The van der Waals surface area contributed by atoms with Gasteiger partial charge in [-0.05, 0) is 29.3 Å². The average molecular weight is 471 g/mol. The van der Waals surface area contributed by atoms with Crippen molar-refractivity contribution in [2.45, 2.75) is 18.2 Å². The van der Waals surface area contributed by atoms with Gasteiger partial charge in [-0.3, -0.25) is 14.2 Å². The summed E-state index contributed by atoms with van der Waals surface area (Å²) in [4.78, 5) is 33.9. The third kappa shape index (κ3) is 4.82. The summed E-state index contributed by atoms with van der Waals surface area (Å²) in [6, 6.07) is 25.0. The summed E-state index contributed by atoms with van der Waals surface area (Å²) >= 11 is 1.24. The highest BCUT2D eigenvalue weighted by molar-refractivity contribution is 7.99. The van der Waals surface area contributed by atoms with E-state index in [4.69, 9.17) is 9.40 Å². The Morgan fingerprint density at radius 2 is 1.79 bits per heavy atom. The maximum Gasteiger partial charge on any atom is 0.278 e. The van der Waals surface area contributed by atoms with Crippen molar-refractivity contribution in [2.24, 2.45) is 0 Å². The molecule has 3 aromatic heterocycles. The van der Waals surface area contributed by atoms with Gasteiger partial charge in [-0.1, -0.05) is 72.4 Å². The zero-order valence-corrected chi connectivity index (χ0v) is 19.0. The van der Waals surface area contributed by atoms with Gasteiger partial charge in [0.25, 0.3) is 5.56 Å². The summed E-state index contributed by atoms with van der Waals surface area (Å²) < 4.78 is 6.87. The first-order valence-electron chi connectivity index (χ1n) is 10.8. The van der Waals surface area contributed by atoms with Crippen LogP contribution in [0.1, 0.15) is 11.3 Å². The molecule has 0 spiro atoms. The van der Waals surface area contributed by atoms with E-state index in [0.717, 1.165) is 16.8 Å². The van der Waals surface area contributed by atoms with E-state index in [9.17, 15) is 9.59 Å². The van der Waals surface area contributed by atoms with E-state index >= 15 is 0 Å². The Morgan fingerprint density at radius 1 is 1.03 bits per heavy atom. The molecule has 0 bridgehead atoms.